The zero-order valence-electron chi connectivity index (χ0n) is 12.8. The lowest BCUT2D eigenvalue weighted by Gasteiger charge is -2.35. The minimum Gasteiger partial charge on any atom is -0.394 e. The number of alkyl halides is 3. The molecule has 0 aromatic heterocycles. The van der Waals surface area contributed by atoms with Crippen LogP contribution in [0.2, 0.25) is 0 Å². The summed E-state index contributed by atoms with van der Waals surface area (Å²) in [7, 11) is 0. The lowest BCUT2D eigenvalue weighted by Crippen LogP contribution is -2.47. The number of aliphatic hydroxyl groups excluding tert-OH is 1. The molecule has 2 rings (SSSR count). The van der Waals surface area contributed by atoms with Crippen molar-refractivity contribution in [2.45, 2.75) is 24.8 Å². The van der Waals surface area contributed by atoms with E-state index >= 15 is 0 Å². The molecule has 6 heteroatoms. The summed E-state index contributed by atoms with van der Waals surface area (Å²) in [5.41, 5.74) is 1.16. The van der Waals surface area contributed by atoms with E-state index in [-0.39, 0.29) is 6.54 Å². The molecule has 0 heterocycles. The Morgan fingerprint density at radius 3 is 2.00 bits per heavy atom. The number of nitrogens with zero attached hydrogens (tertiary/aromatic N) is 2. The summed E-state index contributed by atoms with van der Waals surface area (Å²) in [4.78, 5) is 0.991. The van der Waals surface area contributed by atoms with E-state index in [1.165, 1.54) is 6.07 Å². The van der Waals surface area contributed by atoms with Gasteiger partial charge in [0, 0.05) is 6.54 Å². The highest BCUT2D eigenvalue weighted by atomic mass is 19.4. The van der Waals surface area contributed by atoms with Crippen LogP contribution in [0.15, 0.2) is 60.7 Å². The fraction of sp³-hybridized carbons (Fsp3) is 0.278. The topological polar surface area (TPSA) is 47.3 Å². The van der Waals surface area contributed by atoms with Crippen LogP contribution >= 0.6 is 0 Å². The van der Waals surface area contributed by atoms with E-state index in [2.05, 4.69) is 0 Å². The maximum absolute atomic E-state index is 13.3. The predicted octanol–water partition coefficient (Wildman–Crippen LogP) is 3.68. The summed E-state index contributed by atoms with van der Waals surface area (Å²) in [6, 6.07) is 15.1. The summed E-state index contributed by atoms with van der Waals surface area (Å²) in [6.45, 7) is -0.621. The van der Waals surface area contributed by atoms with E-state index in [4.69, 9.17) is 5.26 Å². The smallest absolute Gasteiger partial charge is 0.394 e. The zero-order valence-corrected chi connectivity index (χ0v) is 12.8. The maximum Gasteiger partial charge on any atom is 0.417 e. The summed E-state index contributed by atoms with van der Waals surface area (Å²) in [5.74, 6) is 0. The fourth-order valence-electron chi connectivity index (χ4n) is 2.59. The SMILES string of the molecule is N#C[C@@H](N(Cc1ccccc1)[C@@H](CO)c1ccccc1)C(F)(F)F. The highest BCUT2D eigenvalue weighted by Gasteiger charge is 2.46. The van der Waals surface area contributed by atoms with E-state index in [9.17, 15) is 18.3 Å². The van der Waals surface area contributed by atoms with Crippen LogP contribution in [0.25, 0.3) is 0 Å². The largest absolute Gasteiger partial charge is 0.417 e. The summed E-state index contributed by atoms with van der Waals surface area (Å²) < 4.78 is 40.0. The molecule has 0 aliphatic heterocycles. The summed E-state index contributed by atoms with van der Waals surface area (Å²) in [6.07, 6.45) is -4.72. The van der Waals surface area contributed by atoms with Gasteiger partial charge in [0.05, 0.1) is 18.7 Å². The molecule has 0 saturated carbocycles. The maximum atomic E-state index is 13.3. The molecule has 0 spiro atoms. The standard InChI is InChI=1S/C18H17F3N2O/c19-18(20,21)17(11-22)23(12-14-7-3-1-4-8-14)16(13-24)15-9-5-2-6-10-15/h1-10,16-17,24H,12-13H2/t16-,17+/m0/s1. The van der Waals surface area contributed by atoms with Crippen molar-refractivity contribution in [3.63, 3.8) is 0 Å². The first kappa shape index (κ1) is 18.0. The molecular weight excluding hydrogens is 317 g/mol. The van der Waals surface area contributed by atoms with Crippen molar-refractivity contribution in [3.8, 4) is 6.07 Å². The second-order valence-electron chi connectivity index (χ2n) is 5.34. The molecule has 1 N–H and O–H groups in total. The molecule has 0 saturated heterocycles. The Morgan fingerprint density at radius 1 is 1.00 bits per heavy atom. The first-order valence-electron chi connectivity index (χ1n) is 7.39. The van der Waals surface area contributed by atoms with E-state index < -0.39 is 24.9 Å². The molecule has 0 aliphatic carbocycles. The second-order valence-corrected chi connectivity index (χ2v) is 5.34. The minimum atomic E-state index is -4.72. The average molecular weight is 334 g/mol. The van der Waals surface area contributed by atoms with Gasteiger partial charge in [-0.15, -0.1) is 0 Å². The Balaban J connectivity index is 2.43. The molecule has 0 fully saturated rings. The van der Waals surface area contributed by atoms with Gasteiger partial charge in [-0.1, -0.05) is 60.7 Å². The van der Waals surface area contributed by atoms with Crippen LogP contribution in [0.1, 0.15) is 17.2 Å². The van der Waals surface area contributed by atoms with Crippen molar-refractivity contribution < 1.29 is 18.3 Å². The molecule has 0 radical (unpaired) electrons. The van der Waals surface area contributed by atoms with Crippen LogP contribution in [0.4, 0.5) is 13.2 Å². The minimum absolute atomic E-state index is 0.0985. The fourth-order valence-corrected chi connectivity index (χ4v) is 2.59. The van der Waals surface area contributed by atoms with Gasteiger partial charge in [-0.25, -0.2) is 0 Å². The number of benzene rings is 2. The monoisotopic (exact) mass is 334 g/mol. The van der Waals surface area contributed by atoms with Gasteiger partial charge in [-0.05, 0) is 11.1 Å². The van der Waals surface area contributed by atoms with Gasteiger partial charge in [-0.2, -0.15) is 18.4 Å². The van der Waals surface area contributed by atoms with Crippen molar-refractivity contribution in [2.24, 2.45) is 0 Å². The molecule has 0 aliphatic rings. The van der Waals surface area contributed by atoms with Crippen LogP contribution in [0, 0.1) is 11.3 Å². The van der Waals surface area contributed by atoms with Gasteiger partial charge < -0.3 is 5.11 Å². The van der Waals surface area contributed by atoms with Gasteiger partial charge in [0.15, 0.2) is 6.04 Å². The Labute approximate surface area is 138 Å². The Kier molecular flexibility index (Phi) is 5.96. The number of nitriles is 1. The Morgan fingerprint density at radius 2 is 1.54 bits per heavy atom. The molecule has 2 aromatic rings. The third-order valence-electron chi connectivity index (χ3n) is 3.73. The molecule has 126 valence electrons. The van der Waals surface area contributed by atoms with Crippen molar-refractivity contribution in [3.05, 3.63) is 71.8 Å². The van der Waals surface area contributed by atoms with E-state index in [0.29, 0.717) is 11.1 Å². The molecule has 0 unspecified atom stereocenters. The van der Waals surface area contributed by atoms with E-state index in [1.54, 1.807) is 60.7 Å². The highest BCUT2D eigenvalue weighted by molar-refractivity contribution is 5.22. The lowest BCUT2D eigenvalue weighted by molar-refractivity contribution is -0.177. The molecule has 24 heavy (non-hydrogen) atoms. The van der Waals surface area contributed by atoms with Crippen molar-refractivity contribution in [2.75, 3.05) is 6.61 Å². The third-order valence-corrected chi connectivity index (χ3v) is 3.73. The normalized spacial score (nSPS) is 14.2. The van der Waals surface area contributed by atoms with Crippen molar-refractivity contribution >= 4 is 0 Å². The predicted molar refractivity (Wildman–Crippen MR) is 83.7 cm³/mol. The second kappa shape index (κ2) is 7.95. The van der Waals surface area contributed by atoms with Gasteiger partial charge >= 0.3 is 6.18 Å². The first-order chi connectivity index (χ1) is 11.5. The molecular formula is C18H17F3N2O. The van der Waals surface area contributed by atoms with Gasteiger partial charge in [-0.3, -0.25) is 4.90 Å². The first-order valence-corrected chi connectivity index (χ1v) is 7.39. The third kappa shape index (κ3) is 4.34. The van der Waals surface area contributed by atoms with Crippen molar-refractivity contribution in [1.82, 2.24) is 4.90 Å². The van der Waals surface area contributed by atoms with Gasteiger partial charge in [0.1, 0.15) is 0 Å². The zero-order chi connectivity index (χ0) is 17.6. The summed E-state index contributed by atoms with van der Waals surface area (Å²) in [5, 5.41) is 18.8. The van der Waals surface area contributed by atoms with Crippen LogP contribution in [-0.2, 0) is 6.54 Å². The van der Waals surface area contributed by atoms with Gasteiger partial charge in [0.25, 0.3) is 0 Å². The highest BCUT2D eigenvalue weighted by Crippen LogP contribution is 2.32. The number of rotatable bonds is 6. The Bertz CT molecular complexity index is 668. The van der Waals surface area contributed by atoms with Crippen LogP contribution in [0.3, 0.4) is 0 Å². The van der Waals surface area contributed by atoms with Crippen LogP contribution in [0.5, 0.6) is 0 Å². The molecule has 0 amide bonds. The number of halogens is 3. The number of hydrogen-bond donors (Lipinski definition) is 1. The van der Waals surface area contributed by atoms with Crippen molar-refractivity contribution in [1.29, 1.82) is 5.26 Å². The van der Waals surface area contributed by atoms with Crippen LogP contribution < -0.4 is 0 Å². The molecule has 2 atom stereocenters. The lowest BCUT2D eigenvalue weighted by atomic mass is 10.0. The van der Waals surface area contributed by atoms with Crippen LogP contribution in [-0.4, -0.2) is 28.8 Å². The number of aliphatic hydroxyl groups is 1. The molecule has 0 bridgehead atoms. The summed E-state index contributed by atoms with van der Waals surface area (Å²) >= 11 is 0. The number of hydrogen-bond acceptors (Lipinski definition) is 3. The van der Waals surface area contributed by atoms with Gasteiger partial charge in [0.2, 0.25) is 0 Å². The molecule has 3 nitrogen and oxygen atoms in total. The quantitative estimate of drug-likeness (QED) is 0.877. The van der Waals surface area contributed by atoms with E-state index in [1.807, 2.05) is 0 Å². The Hall–Kier alpha value is -2.36. The molecule has 2 aromatic carbocycles. The van der Waals surface area contributed by atoms with E-state index in [0.717, 1.165) is 4.90 Å². The average Bonchev–Trinajstić information content (AvgIpc) is 2.56.